The van der Waals surface area contributed by atoms with Gasteiger partial charge in [-0.3, -0.25) is 4.90 Å². The summed E-state index contributed by atoms with van der Waals surface area (Å²) in [5.41, 5.74) is 1.98. The quantitative estimate of drug-likeness (QED) is 0.810. The first-order valence-corrected chi connectivity index (χ1v) is 9.37. The highest BCUT2D eigenvalue weighted by atomic mass is 32.2. The van der Waals surface area contributed by atoms with Gasteiger partial charge in [-0.2, -0.15) is 4.31 Å². The molecule has 1 saturated heterocycles. The summed E-state index contributed by atoms with van der Waals surface area (Å²) in [6.45, 7) is 8.63. The maximum absolute atomic E-state index is 12.7. The maximum atomic E-state index is 12.7. The molecule has 0 amide bonds. The van der Waals surface area contributed by atoms with Crippen LogP contribution in [0.5, 0.6) is 0 Å². The molecular formula is C15H23N5O3S. The molecule has 132 valence electrons. The van der Waals surface area contributed by atoms with Crippen LogP contribution in [0, 0.1) is 20.8 Å². The van der Waals surface area contributed by atoms with E-state index in [1.807, 2.05) is 13.8 Å². The summed E-state index contributed by atoms with van der Waals surface area (Å²) in [4.78, 5) is 6.38. The second-order valence-electron chi connectivity index (χ2n) is 6.22. The van der Waals surface area contributed by atoms with Crippen LogP contribution in [-0.4, -0.2) is 58.5 Å². The van der Waals surface area contributed by atoms with Gasteiger partial charge in [0.15, 0.2) is 5.03 Å². The minimum atomic E-state index is -3.52. The summed E-state index contributed by atoms with van der Waals surface area (Å²) in [5.74, 6) is 1.51. The summed E-state index contributed by atoms with van der Waals surface area (Å²) >= 11 is 0. The molecule has 0 bridgehead atoms. The average Bonchev–Trinajstić information content (AvgIpc) is 3.05. The van der Waals surface area contributed by atoms with Crippen molar-refractivity contribution in [1.29, 1.82) is 0 Å². The number of sulfonamides is 1. The van der Waals surface area contributed by atoms with Gasteiger partial charge in [0.05, 0.1) is 5.69 Å². The zero-order valence-corrected chi connectivity index (χ0v) is 15.3. The lowest BCUT2D eigenvalue weighted by Crippen LogP contribution is -2.48. The molecule has 0 atom stereocenters. The monoisotopic (exact) mass is 353 g/mol. The van der Waals surface area contributed by atoms with Crippen molar-refractivity contribution in [3.05, 3.63) is 29.0 Å². The second-order valence-corrected chi connectivity index (χ2v) is 8.11. The van der Waals surface area contributed by atoms with E-state index in [0.717, 1.165) is 23.6 Å². The highest BCUT2D eigenvalue weighted by Gasteiger charge is 2.31. The molecule has 0 spiro atoms. The van der Waals surface area contributed by atoms with Crippen molar-refractivity contribution in [2.24, 2.45) is 7.05 Å². The number of piperazine rings is 1. The highest BCUT2D eigenvalue weighted by Crippen LogP contribution is 2.19. The fraction of sp³-hybridized carbons (Fsp3) is 0.600. The van der Waals surface area contributed by atoms with Crippen LogP contribution in [0.2, 0.25) is 0 Å². The van der Waals surface area contributed by atoms with Crippen molar-refractivity contribution in [1.82, 2.24) is 23.9 Å². The van der Waals surface area contributed by atoms with E-state index in [9.17, 15) is 8.42 Å². The normalized spacial score (nSPS) is 17.5. The first-order chi connectivity index (χ1) is 11.3. The van der Waals surface area contributed by atoms with Crippen LogP contribution in [0.1, 0.15) is 22.8 Å². The Morgan fingerprint density at radius 1 is 1.17 bits per heavy atom. The van der Waals surface area contributed by atoms with Gasteiger partial charge in [-0.05, 0) is 20.8 Å². The lowest BCUT2D eigenvalue weighted by atomic mass is 10.2. The van der Waals surface area contributed by atoms with Crippen LogP contribution in [0.15, 0.2) is 15.7 Å². The third-order valence-corrected chi connectivity index (χ3v) is 6.36. The fourth-order valence-electron chi connectivity index (χ4n) is 2.86. The van der Waals surface area contributed by atoms with Gasteiger partial charge >= 0.3 is 0 Å². The number of aryl methyl sites for hydroxylation is 4. The van der Waals surface area contributed by atoms with Crippen molar-refractivity contribution >= 4 is 10.0 Å². The lowest BCUT2D eigenvalue weighted by Gasteiger charge is -2.33. The van der Waals surface area contributed by atoms with Crippen LogP contribution < -0.4 is 0 Å². The van der Waals surface area contributed by atoms with E-state index in [-0.39, 0.29) is 5.03 Å². The molecule has 0 radical (unpaired) electrons. The largest absolute Gasteiger partial charge is 0.361 e. The van der Waals surface area contributed by atoms with Gasteiger partial charge in [0.1, 0.15) is 11.6 Å². The Hall–Kier alpha value is -1.71. The maximum Gasteiger partial charge on any atom is 0.262 e. The molecule has 1 fully saturated rings. The first kappa shape index (κ1) is 17.1. The van der Waals surface area contributed by atoms with Crippen molar-refractivity contribution in [2.75, 3.05) is 26.2 Å². The zero-order valence-electron chi connectivity index (χ0n) is 14.5. The van der Waals surface area contributed by atoms with Crippen LogP contribution in [0.25, 0.3) is 0 Å². The van der Waals surface area contributed by atoms with Gasteiger partial charge in [0.25, 0.3) is 10.0 Å². The van der Waals surface area contributed by atoms with Crippen LogP contribution >= 0.6 is 0 Å². The second kappa shape index (κ2) is 6.30. The molecule has 0 unspecified atom stereocenters. The number of rotatable bonds is 4. The lowest BCUT2D eigenvalue weighted by molar-refractivity contribution is 0.180. The van der Waals surface area contributed by atoms with E-state index in [2.05, 4.69) is 15.0 Å². The predicted octanol–water partition coefficient (Wildman–Crippen LogP) is 0.840. The molecule has 3 rings (SSSR count). The molecule has 9 heteroatoms. The van der Waals surface area contributed by atoms with Gasteiger partial charge < -0.3 is 9.09 Å². The van der Waals surface area contributed by atoms with Gasteiger partial charge in [0.2, 0.25) is 0 Å². The molecule has 0 aromatic carbocycles. The van der Waals surface area contributed by atoms with Gasteiger partial charge in [-0.15, -0.1) is 0 Å². The highest BCUT2D eigenvalue weighted by molar-refractivity contribution is 7.89. The summed E-state index contributed by atoms with van der Waals surface area (Å²) < 4.78 is 33.8. The van der Waals surface area contributed by atoms with E-state index < -0.39 is 10.0 Å². The molecule has 8 nitrogen and oxygen atoms in total. The van der Waals surface area contributed by atoms with Gasteiger partial charge in [-0.1, -0.05) is 5.16 Å². The number of aromatic nitrogens is 3. The molecule has 0 aliphatic carbocycles. The Bertz CT molecular complexity index is 792. The molecule has 2 aromatic rings. The Morgan fingerprint density at radius 3 is 2.33 bits per heavy atom. The van der Waals surface area contributed by atoms with Crippen molar-refractivity contribution < 1.29 is 12.9 Å². The Balaban J connectivity index is 1.66. The van der Waals surface area contributed by atoms with Crippen LogP contribution in [0.3, 0.4) is 0 Å². The standard InChI is InChI=1S/C15H23N5O3S/c1-11-14(12(2)23-17-11)9-19-5-7-20(8-6-19)24(21,22)15-10-18(4)13(3)16-15/h10H,5-9H2,1-4H3. The number of hydrogen-bond donors (Lipinski definition) is 0. The third kappa shape index (κ3) is 3.11. The molecular weight excluding hydrogens is 330 g/mol. The molecule has 1 aliphatic rings. The molecule has 24 heavy (non-hydrogen) atoms. The van der Waals surface area contributed by atoms with E-state index in [1.165, 1.54) is 4.31 Å². The SMILES string of the molecule is Cc1noc(C)c1CN1CCN(S(=O)(=O)c2cn(C)c(C)n2)CC1. The van der Waals surface area contributed by atoms with E-state index in [0.29, 0.717) is 32.0 Å². The van der Waals surface area contributed by atoms with Gasteiger partial charge in [-0.25, -0.2) is 13.4 Å². The average molecular weight is 353 g/mol. The molecule has 3 heterocycles. The van der Waals surface area contributed by atoms with Crippen molar-refractivity contribution in [3.8, 4) is 0 Å². The zero-order chi connectivity index (χ0) is 17.5. The molecule has 1 aliphatic heterocycles. The van der Waals surface area contributed by atoms with Crippen molar-refractivity contribution in [3.63, 3.8) is 0 Å². The van der Waals surface area contributed by atoms with E-state index in [4.69, 9.17) is 4.52 Å². The van der Waals surface area contributed by atoms with Crippen LogP contribution in [0.4, 0.5) is 0 Å². The minimum Gasteiger partial charge on any atom is -0.361 e. The van der Waals surface area contributed by atoms with E-state index in [1.54, 1.807) is 24.7 Å². The summed E-state index contributed by atoms with van der Waals surface area (Å²) in [5, 5.41) is 4.09. The fourth-order valence-corrected chi connectivity index (χ4v) is 4.31. The third-order valence-electron chi connectivity index (χ3n) is 4.58. The first-order valence-electron chi connectivity index (χ1n) is 7.93. The molecule has 0 saturated carbocycles. The topological polar surface area (TPSA) is 84.5 Å². The Kier molecular flexibility index (Phi) is 4.50. The summed E-state index contributed by atoms with van der Waals surface area (Å²) in [7, 11) is -1.73. The smallest absolute Gasteiger partial charge is 0.262 e. The van der Waals surface area contributed by atoms with Gasteiger partial charge in [0, 0.05) is 51.5 Å². The van der Waals surface area contributed by atoms with Crippen LogP contribution in [-0.2, 0) is 23.6 Å². The molecule has 0 N–H and O–H groups in total. The number of nitrogens with zero attached hydrogens (tertiary/aromatic N) is 5. The Morgan fingerprint density at radius 2 is 1.83 bits per heavy atom. The number of imidazole rings is 1. The predicted molar refractivity (Wildman–Crippen MR) is 88.0 cm³/mol. The van der Waals surface area contributed by atoms with Crippen molar-refractivity contribution in [2.45, 2.75) is 32.3 Å². The summed E-state index contributed by atoms with van der Waals surface area (Å²) in [6.07, 6.45) is 1.57. The minimum absolute atomic E-state index is 0.127. The molecule has 2 aromatic heterocycles. The summed E-state index contributed by atoms with van der Waals surface area (Å²) in [6, 6.07) is 0. The number of hydrogen-bond acceptors (Lipinski definition) is 6. The Labute approximate surface area is 142 Å². The van der Waals surface area contributed by atoms with E-state index >= 15 is 0 Å².